The van der Waals surface area contributed by atoms with Crippen molar-refractivity contribution in [3.05, 3.63) is 63.9 Å². The lowest BCUT2D eigenvalue weighted by Crippen LogP contribution is -2.15. The number of hydrogen-bond donors (Lipinski definition) is 0. The molecule has 1 aromatic heterocycles. The number of carbonyl (C=O) groups excluding carboxylic acids is 1. The maximum atomic E-state index is 12.3. The first-order valence-corrected chi connectivity index (χ1v) is 9.60. The number of hydrogen-bond acceptors (Lipinski definition) is 3. The minimum absolute atomic E-state index is 0.323. The Labute approximate surface area is 161 Å². The molecule has 26 heavy (non-hydrogen) atoms. The van der Waals surface area contributed by atoms with Gasteiger partial charge >= 0.3 is 0 Å². The molecule has 0 atom stereocenters. The molecule has 0 aliphatic carbocycles. The minimum Gasteiger partial charge on any atom is -0.492 e. The van der Waals surface area contributed by atoms with Crippen LogP contribution in [0.25, 0.3) is 16.3 Å². The van der Waals surface area contributed by atoms with Crippen LogP contribution in [0.1, 0.15) is 19.4 Å². The van der Waals surface area contributed by atoms with Crippen molar-refractivity contribution >= 4 is 45.1 Å². The van der Waals surface area contributed by atoms with Crippen LogP contribution in [-0.4, -0.2) is 17.1 Å². The number of amides is 1. The van der Waals surface area contributed by atoms with Crippen LogP contribution < -0.4 is 9.54 Å². The van der Waals surface area contributed by atoms with E-state index in [1.54, 1.807) is 12.1 Å². The van der Waals surface area contributed by atoms with Gasteiger partial charge in [-0.3, -0.25) is 4.79 Å². The molecule has 0 bridgehead atoms. The second kappa shape index (κ2) is 8.34. The van der Waals surface area contributed by atoms with Crippen molar-refractivity contribution in [2.24, 2.45) is 4.99 Å². The number of benzene rings is 2. The predicted molar refractivity (Wildman–Crippen MR) is 108 cm³/mol. The second-order valence-corrected chi connectivity index (χ2v) is 6.89. The van der Waals surface area contributed by atoms with E-state index in [4.69, 9.17) is 16.3 Å². The molecular formula is C20H19ClN2O2S. The van der Waals surface area contributed by atoms with Crippen molar-refractivity contribution in [1.82, 2.24) is 4.57 Å². The van der Waals surface area contributed by atoms with Gasteiger partial charge in [0.25, 0.3) is 5.91 Å². The summed E-state index contributed by atoms with van der Waals surface area (Å²) in [6.45, 7) is 5.27. The van der Waals surface area contributed by atoms with Gasteiger partial charge in [0, 0.05) is 17.6 Å². The van der Waals surface area contributed by atoms with Gasteiger partial charge in [-0.25, -0.2) is 0 Å². The Morgan fingerprint density at radius 2 is 2.04 bits per heavy atom. The zero-order valence-electron chi connectivity index (χ0n) is 14.6. The highest BCUT2D eigenvalue weighted by molar-refractivity contribution is 7.16. The Kier molecular flexibility index (Phi) is 5.91. The third kappa shape index (κ3) is 3.89. The van der Waals surface area contributed by atoms with Crippen LogP contribution in [0.5, 0.6) is 5.75 Å². The van der Waals surface area contributed by atoms with Crippen molar-refractivity contribution < 1.29 is 9.53 Å². The van der Waals surface area contributed by atoms with Crippen molar-refractivity contribution in [2.75, 3.05) is 6.61 Å². The van der Waals surface area contributed by atoms with Gasteiger partial charge in [0.2, 0.25) is 0 Å². The second-order valence-electron chi connectivity index (χ2n) is 5.47. The Bertz CT molecular complexity index is 1030. The largest absolute Gasteiger partial charge is 0.492 e. The topological polar surface area (TPSA) is 43.6 Å². The van der Waals surface area contributed by atoms with Crippen molar-refractivity contribution in [1.29, 1.82) is 0 Å². The molecule has 3 rings (SSSR count). The first-order valence-electron chi connectivity index (χ1n) is 8.40. The zero-order valence-corrected chi connectivity index (χ0v) is 16.2. The molecule has 0 saturated heterocycles. The third-order valence-corrected chi connectivity index (χ3v) is 5.18. The van der Waals surface area contributed by atoms with Gasteiger partial charge in [-0.2, -0.15) is 4.99 Å². The number of halogens is 1. The van der Waals surface area contributed by atoms with Crippen LogP contribution in [0.3, 0.4) is 0 Å². The molecule has 4 nitrogen and oxygen atoms in total. The first-order chi connectivity index (χ1) is 12.6. The van der Waals surface area contributed by atoms with E-state index >= 15 is 0 Å². The summed E-state index contributed by atoms with van der Waals surface area (Å²) in [5, 5.41) is 0.600. The van der Waals surface area contributed by atoms with E-state index in [9.17, 15) is 4.79 Å². The van der Waals surface area contributed by atoms with Gasteiger partial charge in [-0.1, -0.05) is 47.2 Å². The zero-order chi connectivity index (χ0) is 18.5. The van der Waals surface area contributed by atoms with E-state index in [0.29, 0.717) is 23.0 Å². The standard InChI is InChI=1S/C20H19ClN2O2S/c1-3-23-19-16(25-4-2)10-7-11-17(19)26-20(23)22-18(24)13-12-14-8-5-6-9-15(14)21/h5-13H,3-4H2,1-2H3. The number of aromatic nitrogens is 1. The third-order valence-electron chi connectivity index (χ3n) is 3.80. The van der Waals surface area contributed by atoms with E-state index in [1.165, 1.54) is 17.4 Å². The van der Waals surface area contributed by atoms with Crippen LogP contribution in [0.2, 0.25) is 5.02 Å². The average molecular weight is 387 g/mol. The molecule has 0 radical (unpaired) electrons. The number of para-hydroxylation sites is 1. The Morgan fingerprint density at radius 1 is 1.23 bits per heavy atom. The maximum absolute atomic E-state index is 12.3. The summed E-state index contributed by atoms with van der Waals surface area (Å²) in [5.41, 5.74) is 1.76. The van der Waals surface area contributed by atoms with Gasteiger partial charge < -0.3 is 9.30 Å². The van der Waals surface area contributed by atoms with E-state index in [1.807, 2.05) is 54.8 Å². The lowest BCUT2D eigenvalue weighted by atomic mass is 10.2. The normalized spacial score (nSPS) is 12.2. The summed E-state index contributed by atoms with van der Waals surface area (Å²) in [7, 11) is 0. The Balaban J connectivity index is 2.00. The molecule has 0 aliphatic rings. The molecule has 0 fully saturated rings. The molecule has 0 saturated carbocycles. The van der Waals surface area contributed by atoms with Gasteiger partial charge in [0.15, 0.2) is 4.80 Å². The van der Waals surface area contributed by atoms with E-state index in [-0.39, 0.29) is 5.91 Å². The summed E-state index contributed by atoms with van der Waals surface area (Å²) in [6, 6.07) is 13.3. The molecule has 0 N–H and O–H groups in total. The number of carbonyl (C=O) groups is 1. The van der Waals surface area contributed by atoms with E-state index in [2.05, 4.69) is 4.99 Å². The highest BCUT2D eigenvalue weighted by Crippen LogP contribution is 2.27. The number of thiazole rings is 1. The summed E-state index contributed by atoms with van der Waals surface area (Å²) < 4.78 is 8.78. The molecule has 0 spiro atoms. The highest BCUT2D eigenvalue weighted by Gasteiger charge is 2.11. The maximum Gasteiger partial charge on any atom is 0.272 e. The fourth-order valence-electron chi connectivity index (χ4n) is 2.65. The summed E-state index contributed by atoms with van der Waals surface area (Å²) in [6.07, 6.45) is 3.12. The van der Waals surface area contributed by atoms with Gasteiger partial charge in [0.1, 0.15) is 11.3 Å². The fourth-order valence-corrected chi connectivity index (χ4v) is 3.97. The lowest BCUT2D eigenvalue weighted by molar-refractivity contribution is -0.113. The molecule has 0 aliphatic heterocycles. The SMILES string of the molecule is CCOc1cccc2sc(=NC(=O)C=Cc3ccccc3Cl)n(CC)c12. The molecule has 134 valence electrons. The fraction of sp³-hybridized carbons (Fsp3) is 0.200. The summed E-state index contributed by atoms with van der Waals surface area (Å²) >= 11 is 7.58. The van der Waals surface area contributed by atoms with E-state index in [0.717, 1.165) is 21.5 Å². The Hall–Kier alpha value is -2.37. The number of aryl methyl sites for hydroxylation is 1. The van der Waals surface area contributed by atoms with Crippen LogP contribution in [-0.2, 0) is 11.3 Å². The van der Waals surface area contributed by atoms with Crippen LogP contribution >= 0.6 is 22.9 Å². The monoisotopic (exact) mass is 386 g/mol. The highest BCUT2D eigenvalue weighted by atomic mass is 35.5. The molecule has 0 unspecified atom stereocenters. The number of nitrogens with zero attached hydrogens (tertiary/aromatic N) is 2. The van der Waals surface area contributed by atoms with Crippen molar-refractivity contribution in [3.8, 4) is 5.75 Å². The van der Waals surface area contributed by atoms with Crippen LogP contribution in [0.15, 0.2) is 53.5 Å². The number of rotatable bonds is 5. The summed E-state index contributed by atoms with van der Waals surface area (Å²) in [4.78, 5) is 17.2. The van der Waals surface area contributed by atoms with Crippen molar-refractivity contribution in [3.63, 3.8) is 0 Å². The number of ether oxygens (including phenoxy) is 1. The van der Waals surface area contributed by atoms with Gasteiger partial charge in [0.05, 0.1) is 11.3 Å². The predicted octanol–water partition coefficient (Wildman–Crippen LogP) is 4.92. The molecular weight excluding hydrogens is 368 g/mol. The van der Waals surface area contributed by atoms with Crippen LogP contribution in [0, 0.1) is 0 Å². The smallest absolute Gasteiger partial charge is 0.272 e. The van der Waals surface area contributed by atoms with Gasteiger partial charge in [-0.15, -0.1) is 0 Å². The Morgan fingerprint density at radius 3 is 2.77 bits per heavy atom. The first kappa shape index (κ1) is 18.4. The molecule has 1 amide bonds. The molecule has 2 aromatic carbocycles. The van der Waals surface area contributed by atoms with Gasteiger partial charge in [-0.05, 0) is 43.7 Å². The molecule has 1 heterocycles. The summed E-state index contributed by atoms with van der Waals surface area (Å²) in [5.74, 6) is 0.486. The quantitative estimate of drug-likeness (QED) is 0.584. The average Bonchev–Trinajstić information content (AvgIpc) is 2.99. The van der Waals surface area contributed by atoms with Crippen molar-refractivity contribution in [2.45, 2.75) is 20.4 Å². The molecule has 3 aromatic rings. The van der Waals surface area contributed by atoms with E-state index < -0.39 is 0 Å². The molecule has 6 heteroatoms. The lowest BCUT2D eigenvalue weighted by Gasteiger charge is -2.07. The van der Waals surface area contributed by atoms with Crippen LogP contribution in [0.4, 0.5) is 0 Å². The number of fused-ring (bicyclic) bond motifs is 1. The minimum atomic E-state index is -0.323.